The van der Waals surface area contributed by atoms with Gasteiger partial charge in [0.2, 0.25) is 5.91 Å². The first-order valence-electron chi connectivity index (χ1n) is 8.91. The summed E-state index contributed by atoms with van der Waals surface area (Å²) in [5, 5.41) is 0. The number of carbonyl (C=O) groups excluding carboxylic acids is 2. The maximum atomic E-state index is 12.7. The first kappa shape index (κ1) is 17.8. The highest BCUT2D eigenvalue weighted by Gasteiger charge is 2.56. The summed E-state index contributed by atoms with van der Waals surface area (Å²) in [6.07, 6.45) is 1.48. The molecule has 1 aromatic rings. The zero-order chi connectivity index (χ0) is 18.4. The second kappa shape index (κ2) is 6.04. The van der Waals surface area contributed by atoms with E-state index in [-0.39, 0.29) is 23.3 Å². The van der Waals surface area contributed by atoms with Gasteiger partial charge in [-0.05, 0) is 52.2 Å². The molecular formula is C20H28N2O3. The SMILES string of the molecule is Cc1ccccc1N(C)C(=O)C1CC2(C1)CN(C(=O)OC(C)(C)C)C2. The molecular weight excluding hydrogens is 316 g/mol. The highest BCUT2D eigenvalue weighted by Crippen LogP contribution is 2.52. The van der Waals surface area contributed by atoms with Gasteiger partial charge in [0, 0.05) is 37.2 Å². The number of para-hydroxylation sites is 1. The van der Waals surface area contributed by atoms with Crippen molar-refractivity contribution >= 4 is 17.7 Å². The van der Waals surface area contributed by atoms with Gasteiger partial charge in [-0.25, -0.2) is 4.79 Å². The molecule has 0 N–H and O–H groups in total. The Morgan fingerprint density at radius 3 is 2.36 bits per heavy atom. The van der Waals surface area contributed by atoms with E-state index in [1.54, 1.807) is 9.80 Å². The number of benzene rings is 1. The van der Waals surface area contributed by atoms with E-state index < -0.39 is 5.60 Å². The summed E-state index contributed by atoms with van der Waals surface area (Å²) in [5.41, 5.74) is 1.74. The van der Waals surface area contributed by atoms with E-state index in [0.717, 1.165) is 24.1 Å². The molecule has 5 nitrogen and oxygen atoms in total. The largest absolute Gasteiger partial charge is 0.444 e. The summed E-state index contributed by atoms with van der Waals surface area (Å²) in [6.45, 7) is 9.06. The number of aryl methyl sites for hydroxylation is 1. The Morgan fingerprint density at radius 1 is 1.20 bits per heavy atom. The highest BCUT2D eigenvalue weighted by atomic mass is 16.6. The van der Waals surface area contributed by atoms with Crippen molar-refractivity contribution in [2.45, 2.75) is 46.1 Å². The zero-order valence-electron chi connectivity index (χ0n) is 15.8. The van der Waals surface area contributed by atoms with Gasteiger partial charge in [0.25, 0.3) is 0 Å². The van der Waals surface area contributed by atoms with Crippen LogP contribution in [-0.2, 0) is 9.53 Å². The Morgan fingerprint density at radius 2 is 1.80 bits per heavy atom. The van der Waals surface area contributed by atoms with Crippen LogP contribution in [0.5, 0.6) is 0 Å². The topological polar surface area (TPSA) is 49.9 Å². The second-order valence-corrected chi connectivity index (χ2v) is 8.63. The van der Waals surface area contributed by atoms with E-state index in [9.17, 15) is 9.59 Å². The Labute approximate surface area is 149 Å². The van der Waals surface area contributed by atoms with Crippen LogP contribution >= 0.6 is 0 Å². The molecule has 2 amide bonds. The van der Waals surface area contributed by atoms with E-state index in [4.69, 9.17) is 4.74 Å². The summed E-state index contributed by atoms with van der Waals surface area (Å²) in [7, 11) is 1.85. The quantitative estimate of drug-likeness (QED) is 0.823. The predicted octanol–water partition coefficient (Wildman–Crippen LogP) is 3.60. The number of amides is 2. The number of nitrogens with zero attached hydrogens (tertiary/aromatic N) is 2. The number of hydrogen-bond acceptors (Lipinski definition) is 3. The van der Waals surface area contributed by atoms with Crippen LogP contribution in [-0.4, -0.2) is 42.6 Å². The Hall–Kier alpha value is -2.04. The average Bonchev–Trinajstić information content (AvgIpc) is 2.42. The van der Waals surface area contributed by atoms with Gasteiger partial charge in [0.05, 0.1) is 0 Å². The number of rotatable bonds is 2. The molecule has 136 valence electrons. The molecule has 2 fully saturated rings. The van der Waals surface area contributed by atoms with E-state index >= 15 is 0 Å². The number of ether oxygens (including phenoxy) is 1. The van der Waals surface area contributed by atoms with E-state index in [1.807, 2.05) is 59.0 Å². The average molecular weight is 344 g/mol. The molecule has 2 aliphatic rings. The summed E-state index contributed by atoms with van der Waals surface area (Å²) < 4.78 is 5.40. The smallest absolute Gasteiger partial charge is 0.410 e. The van der Waals surface area contributed by atoms with Crippen molar-refractivity contribution in [1.29, 1.82) is 0 Å². The minimum Gasteiger partial charge on any atom is -0.444 e. The lowest BCUT2D eigenvalue weighted by Crippen LogP contribution is -2.65. The van der Waals surface area contributed by atoms with Gasteiger partial charge in [-0.15, -0.1) is 0 Å². The predicted molar refractivity (Wildman–Crippen MR) is 97.6 cm³/mol. The van der Waals surface area contributed by atoms with Crippen molar-refractivity contribution in [2.24, 2.45) is 11.3 Å². The summed E-state index contributed by atoms with van der Waals surface area (Å²) in [5.74, 6) is 0.237. The number of hydrogen-bond donors (Lipinski definition) is 0. The van der Waals surface area contributed by atoms with E-state index in [1.165, 1.54) is 0 Å². The molecule has 1 spiro atoms. The monoisotopic (exact) mass is 344 g/mol. The molecule has 0 bridgehead atoms. The first-order valence-corrected chi connectivity index (χ1v) is 8.91. The first-order chi connectivity index (χ1) is 11.6. The molecule has 1 saturated carbocycles. The highest BCUT2D eigenvalue weighted by molar-refractivity contribution is 5.96. The molecule has 0 radical (unpaired) electrons. The van der Waals surface area contributed by atoms with E-state index in [0.29, 0.717) is 13.1 Å². The molecule has 1 saturated heterocycles. The van der Waals surface area contributed by atoms with Crippen LogP contribution in [0.15, 0.2) is 24.3 Å². The van der Waals surface area contributed by atoms with Crippen LogP contribution in [0.25, 0.3) is 0 Å². The van der Waals surface area contributed by atoms with Gasteiger partial charge >= 0.3 is 6.09 Å². The fourth-order valence-corrected chi connectivity index (χ4v) is 3.97. The molecule has 0 unspecified atom stereocenters. The number of anilines is 1. The third-order valence-electron chi connectivity index (χ3n) is 5.22. The Kier molecular flexibility index (Phi) is 4.30. The zero-order valence-corrected chi connectivity index (χ0v) is 15.8. The van der Waals surface area contributed by atoms with Crippen molar-refractivity contribution in [2.75, 3.05) is 25.0 Å². The lowest BCUT2D eigenvalue weighted by Gasteiger charge is -2.58. The third-order valence-corrected chi connectivity index (χ3v) is 5.22. The molecule has 1 aliphatic carbocycles. The number of likely N-dealkylation sites (tertiary alicyclic amines) is 1. The van der Waals surface area contributed by atoms with Crippen molar-refractivity contribution in [3.63, 3.8) is 0 Å². The van der Waals surface area contributed by atoms with Gasteiger partial charge in [-0.1, -0.05) is 18.2 Å². The molecule has 0 atom stereocenters. The summed E-state index contributed by atoms with van der Waals surface area (Å²) in [4.78, 5) is 28.3. The maximum absolute atomic E-state index is 12.7. The molecule has 1 heterocycles. The normalized spacial score (nSPS) is 19.2. The molecule has 5 heteroatoms. The summed E-state index contributed by atoms with van der Waals surface area (Å²) in [6, 6.07) is 7.94. The fraction of sp³-hybridized carbons (Fsp3) is 0.600. The Bertz CT molecular complexity index is 678. The van der Waals surface area contributed by atoms with Gasteiger partial charge in [0.1, 0.15) is 5.60 Å². The van der Waals surface area contributed by atoms with Crippen LogP contribution < -0.4 is 4.90 Å². The molecule has 25 heavy (non-hydrogen) atoms. The maximum Gasteiger partial charge on any atom is 0.410 e. The fourth-order valence-electron chi connectivity index (χ4n) is 3.97. The van der Waals surface area contributed by atoms with Crippen LogP contribution in [0.4, 0.5) is 10.5 Å². The molecule has 1 aliphatic heterocycles. The lowest BCUT2D eigenvalue weighted by atomic mass is 9.57. The summed E-state index contributed by atoms with van der Waals surface area (Å²) >= 11 is 0. The lowest BCUT2D eigenvalue weighted by molar-refractivity contribution is -0.140. The van der Waals surface area contributed by atoms with Crippen molar-refractivity contribution in [3.05, 3.63) is 29.8 Å². The Balaban J connectivity index is 1.51. The van der Waals surface area contributed by atoms with Crippen LogP contribution in [0.1, 0.15) is 39.2 Å². The molecule has 1 aromatic carbocycles. The molecule has 3 rings (SSSR count). The van der Waals surface area contributed by atoms with Crippen molar-refractivity contribution in [3.8, 4) is 0 Å². The van der Waals surface area contributed by atoms with Crippen molar-refractivity contribution < 1.29 is 14.3 Å². The van der Waals surface area contributed by atoms with Gasteiger partial charge < -0.3 is 14.5 Å². The van der Waals surface area contributed by atoms with Gasteiger partial charge in [-0.3, -0.25) is 4.79 Å². The van der Waals surface area contributed by atoms with Crippen LogP contribution in [0.3, 0.4) is 0 Å². The van der Waals surface area contributed by atoms with Crippen molar-refractivity contribution in [1.82, 2.24) is 4.90 Å². The standard InChI is InChI=1S/C20H28N2O3/c1-14-8-6-7-9-16(14)21(5)17(23)15-10-20(11-15)12-22(13-20)18(24)25-19(2,3)4/h6-9,15H,10-13H2,1-5H3. The van der Waals surface area contributed by atoms with Gasteiger partial charge in [0.15, 0.2) is 0 Å². The van der Waals surface area contributed by atoms with Gasteiger partial charge in [-0.2, -0.15) is 0 Å². The minimum absolute atomic E-state index is 0.0605. The molecule has 0 aromatic heterocycles. The van der Waals surface area contributed by atoms with E-state index in [2.05, 4.69) is 0 Å². The second-order valence-electron chi connectivity index (χ2n) is 8.63. The number of carbonyl (C=O) groups is 2. The van der Waals surface area contributed by atoms with Crippen LogP contribution in [0, 0.1) is 18.3 Å². The minimum atomic E-state index is -0.464. The van der Waals surface area contributed by atoms with Crippen LogP contribution in [0.2, 0.25) is 0 Å². The third kappa shape index (κ3) is 3.51.